The molecular weight excluding hydrogens is 412 g/mol. The summed E-state index contributed by atoms with van der Waals surface area (Å²) in [6.45, 7) is 3.78. The van der Waals surface area contributed by atoms with Crippen molar-refractivity contribution in [2.45, 2.75) is 18.7 Å². The van der Waals surface area contributed by atoms with E-state index in [1.54, 1.807) is 35.7 Å². The van der Waals surface area contributed by atoms with Crippen LogP contribution in [0.15, 0.2) is 66.6 Å². The number of aromatic nitrogens is 1. The van der Waals surface area contributed by atoms with Crippen LogP contribution in [-0.2, 0) is 10.0 Å². The van der Waals surface area contributed by atoms with Gasteiger partial charge in [0.15, 0.2) is 11.6 Å². The number of anilines is 1. The summed E-state index contributed by atoms with van der Waals surface area (Å²) in [4.78, 5) is 13.2. The second kappa shape index (κ2) is 6.98. The van der Waals surface area contributed by atoms with E-state index in [0.29, 0.717) is 10.2 Å². The zero-order chi connectivity index (χ0) is 20.8. The molecule has 0 saturated heterocycles. The summed E-state index contributed by atoms with van der Waals surface area (Å²) in [5, 5.41) is 19.5. The van der Waals surface area contributed by atoms with E-state index < -0.39 is 15.6 Å². The molecule has 3 aromatic rings. The van der Waals surface area contributed by atoms with E-state index in [4.69, 9.17) is 0 Å². The van der Waals surface area contributed by atoms with Crippen molar-refractivity contribution in [2.75, 3.05) is 5.32 Å². The maximum Gasteiger partial charge on any atom is 0.286 e. The molecule has 0 fully saturated rings. The van der Waals surface area contributed by atoms with Crippen molar-refractivity contribution in [1.29, 1.82) is 0 Å². The zero-order valence-corrected chi connectivity index (χ0v) is 17.1. The third kappa shape index (κ3) is 3.26. The molecule has 0 saturated carbocycles. The Labute approximate surface area is 170 Å². The molecule has 0 amide bonds. The molecule has 1 aromatic carbocycles. The van der Waals surface area contributed by atoms with Crippen LogP contribution in [0.1, 0.15) is 19.4 Å². The molecule has 0 aliphatic carbocycles. The topological polar surface area (TPSA) is 113 Å². The first-order chi connectivity index (χ1) is 13.8. The number of sulfonamides is 1. The molecule has 1 aliphatic heterocycles. The number of nitrogens with zero attached hydrogens (tertiary/aromatic N) is 3. The van der Waals surface area contributed by atoms with E-state index >= 15 is 0 Å². The van der Waals surface area contributed by atoms with Gasteiger partial charge in [0.25, 0.3) is 15.6 Å². The second-order valence-electron chi connectivity index (χ2n) is 6.52. The lowest BCUT2D eigenvalue weighted by Gasteiger charge is -2.18. The normalized spacial score (nSPS) is 15.0. The summed E-state index contributed by atoms with van der Waals surface area (Å²) in [5.41, 5.74) is 0.741. The van der Waals surface area contributed by atoms with Crippen molar-refractivity contribution < 1.29 is 13.5 Å². The highest BCUT2D eigenvalue weighted by molar-refractivity contribution is 7.90. The first-order valence-corrected chi connectivity index (χ1v) is 10.9. The molecule has 2 aromatic heterocycles. The molecule has 3 heterocycles. The molecule has 0 radical (unpaired) electrons. The molecule has 0 bridgehead atoms. The Kier molecular flexibility index (Phi) is 4.59. The number of fused-ring (bicyclic) bond motifs is 2. The van der Waals surface area contributed by atoms with Gasteiger partial charge in [-0.05, 0) is 43.5 Å². The molecule has 29 heavy (non-hydrogen) atoms. The van der Waals surface area contributed by atoms with Crippen molar-refractivity contribution in [3.8, 4) is 5.75 Å². The average molecular weight is 428 g/mol. The van der Waals surface area contributed by atoms with Crippen LogP contribution >= 0.6 is 11.3 Å². The van der Waals surface area contributed by atoms with Gasteiger partial charge in [0, 0.05) is 6.21 Å². The fraction of sp³-hybridized carbons (Fsp3) is 0.105. The Hall–Kier alpha value is -3.24. The number of nitrogens with one attached hydrogen (secondary N) is 1. The highest BCUT2D eigenvalue weighted by Crippen LogP contribution is 2.34. The van der Waals surface area contributed by atoms with Gasteiger partial charge in [-0.1, -0.05) is 17.7 Å². The molecule has 1 aliphatic rings. The van der Waals surface area contributed by atoms with Gasteiger partial charge >= 0.3 is 0 Å². The van der Waals surface area contributed by atoms with Gasteiger partial charge in [-0.25, -0.2) is 0 Å². The smallest absolute Gasteiger partial charge is 0.286 e. The average Bonchev–Trinajstić information content (AvgIpc) is 3.14. The molecular formula is C19H16N4O4S2. The van der Waals surface area contributed by atoms with E-state index in [0.717, 1.165) is 10.2 Å². The minimum Gasteiger partial charge on any atom is -0.505 e. The number of hydrogen-bond donors (Lipinski definition) is 2. The van der Waals surface area contributed by atoms with E-state index in [9.17, 15) is 18.3 Å². The minimum atomic E-state index is -4.03. The number of benzene rings is 1. The SMILES string of the molecule is CC(C)=CC=Nn1c(=O)c(C2=NS(=O)(=O)c3ccccc3N2)c(O)c2sccc21. The largest absolute Gasteiger partial charge is 0.505 e. The van der Waals surface area contributed by atoms with Crippen molar-refractivity contribution in [1.82, 2.24) is 4.68 Å². The third-order valence-corrected chi connectivity index (χ3v) is 6.43. The van der Waals surface area contributed by atoms with Gasteiger partial charge in [-0.3, -0.25) is 4.79 Å². The van der Waals surface area contributed by atoms with Crippen molar-refractivity contribution in [3.05, 3.63) is 63.3 Å². The van der Waals surface area contributed by atoms with Gasteiger partial charge in [0.1, 0.15) is 10.5 Å². The number of allylic oxidation sites excluding steroid dienone is 2. The number of amidine groups is 1. The minimum absolute atomic E-state index is 0.00217. The van der Waals surface area contributed by atoms with Crippen LogP contribution in [0.3, 0.4) is 0 Å². The van der Waals surface area contributed by atoms with Crippen LogP contribution in [0.5, 0.6) is 5.75 Å². The van der Waals surface area contributed by atoms with Crippen LogP contribution in [0.4, 0.5) is 5.69 Å². The summed E-state index contributed by atoms with van der Waals surface area (Å²) in [5.74, 6) is -0.581. The van der Waals surface area contributed by atoms with E-state index in [2.05, 4.69) is 14.8 Å². The standard InChI is InChI=1S/C19H16N4O4S2/c1-11(2)7-9-20-23-13-8-10-28-17(13)16(24)15(19(23)25)18-21-12-5-3-4-6-14(12)29(26,27)22-18/h3-10,24H,1-2H3,(H,21,22). The van der Waals surface area contributed by atoms with Crippen LogP contribution < -0.4 is 10.9 Å². The number of pyridine rings is 1. The Morgan fingerprint density at radius 2 is 2.03 bits per heavy atom. The quantitative estimate of drug-likeness (QED) is 0.622. The first kappa shape index (κ1) is 19.1. The lowest BCUT2D eigenvalue weighted by molar-refractivity contribution is 0.479. The molecule has 0 atom stereocenters. The third-order valence-electron chi connectivity index (χ3n) is 4.19. The molecule has 10 heteroatoms. The predicted molar refractivity (Wildman–Crippen MR) is 115 cm³/mol. The van der Waals surface area contributed by atoms with Gasteiger partial charge in [-0.2, -0.15) is 18.2 Å². The maximum absolute atomic E-state index is 13.2. The van der Waals surface area contributed by atoms with Gasteiger partial charge < -0.3 is 10.4 Å². The van der Waals surface area contributed by atoms with Crippen molar-refractivity contribution >= 4 is 49.3 Å². The summed E-state index contributed by atoms with van der Waals surface area (Å²) in [6, 6.07) is 7.89. The fourth-order valence-electron chi connectivity index (χ4n) is 2.88. The fourth-order valence-corrected chi connectivity index (χ4v) is 4.82. The van der Waals surface area contributed by atoms with Crippen LogP contribution in [0.25, 0.3) is 10.2 Å². The zero-order valence-electron chi connectivity index (χ0n) is 15.4. The molecule has 148 valence electrons. The Balaban J connectivity index is 1.98. The van der Waals surface area contributed by atoms with Crippen LogP contribution in [0.2, 0.25) is 0 Å². The summed E-state index contributed by atoms with van der Waals surface area (Å²) in [6.07, 6.45) is 3.20. The molecule has 8 nitrogen and oxygen atoms in total. The van der Waals surface area contributed by atoms with Crippen LogP contribution in [-0.4, -0.2) is 30.3 Å². The van der Waals surface area contributed by atoms with Crippen LogP contribution in [0, 0.1) is 0 Å². The van der Waals surface area contributed by atoms with Gasteiger partial charge in [0.2, 0.25) is 0 Å². The Bertz CT molecular complexity index is 1390. The monoisotopic (exact) mass is 428 g/mol. The number of thiophene rings is 1. The lowest BCUT2D eigenvalue weighted by Crippen LogP contribution is -2.31. The number of para-hydroxylation sites is 1. The van der Waals surface area contributed by atoms with Crippen molar-refractivity contribution in [3.63, 3.8) is 0 Å². The molecule has 4 rings (SSSR count). The molecule has 2 N–H and O–H groups in total. The Morgan fingerprint density at radius 1 is 1.28 bits per heavy atom. The molecule has 0 unspecified atom stereocenters. The predicted octanol–water partition coefficient (Wildman–Crippen LogP) is 3.13. The second-order valence-corrected chi connectivity index (χ2v) is 9.01. The molecule has 0 spiro atoms. The number of aromatic hydroxyl groups is 1. The Morgan fingerprint density at radius 3 is 2.79 bits per heavy atom. The summed E-state index contributed by atoms with van der Waals surface area (Å²) < 4.78 is 30.4. The van der Waals surface area contributed by atoms with Crippen molar-refractivity contribution in [2.24, 2.45) is 9.50 Å². The summed E-state index contributed by atoms with van der Waals surface area (Å²) >= 11 is 1.21. The lowest BCUT2D eigenvalue weighted by atomic mass is 10.2. The van der Waals surface area contributed by atoms with Gasteiger partial charge in [0.05, 0.1) is 15.9 Å². The highest BCUT2D eigenvalue weighted by Gasteiger charge is 2.29. The van der Waals surface area contributed by atoms with E-state index in [1.807, 2.05) is 13.8 Å². The maximum atomic E-state index is 13.2. The van der Waals surface area contributed by atoms with E-state index in [-0.39, 0.29) is 27.7 Å². The van der Waals surface area contributed by atoms with E-state index in [1.165, 1.54) is 23.6 Å². The highest BCUT2D eigenvalue weighted by atomic mass is 32.2. The first-order valence-electron chi connectivity index (χ1n) is 8.54. The number of hydrogen-bond acceptors (Lipinski definition) is 7. The number of rotatable bonds is 3. The summed E-state index contributed by atoms with van der Waals surface area (Å²) in [7, 11) is -4.03. The van der Waals surface area contributed by atoms with Gasteiger partial charge in [-0.15, -0.1) is 15.7 Å².